The molecule has 0 saturated heterocycles. The van der Waals surface area contributed by atoms with Crippen LogP contribution in [0.2, 0.25) is 5.02 Å². The van der Waals surface area contributed by atoms with Gasteiger partial charge in [0.1, 0.15) is 0 Å². The van der Waals surface area contributed by atoms with E-state index in [2.05, 4.69) is 25.2 Å². The van der Waals surface area contributed by atoms with Crippen LogP contribution in [0.1, 0.15) is 46.1 Å². The second kappa shape index (κ2) is 8.54. The monoisotopic (exact) mass is 325 g/mol. The summed E-state index contributed by atoms with van der Waals surface area (Å²) in [5, 5.41) is 13.5. The first-order chi connectivity index (χ1) is 10.2. The highest BCUT2D eigenvalue weighted by Crippen LogP contribution is 2.20. The van der Waals surface area contributed by atoms with Crippen molar-refractivity contribution in [2.24, 2.45) is 11.3 Å². The van der Waals surface area contributed by atoms with Crippen LogP contribution in [0.4, 0.5) is 0 Å². The molecule has 2 N–H and O–H groups in total. The maximum atomic E-state index is 11.2. The van der Waals surface area contributed by atoms with Crippen LogP contribution in [0.3, 0.4) is 0 Å². The second-order valence-electron chi connectivity index (χ2n) is 7.05. The molecule has 0 fully saturated rings. The van der Waals surface area contributed by atoms with Crippen LogP contribution < -0.4 is 5.32 Å². The van der Waals surface area contributed by atoms with E-state index in [9.17, 15) is 9.90 Å². The smallest absolute Gasteiger partial charge is 0.309 e. The number of carbonyl (C=O) groups is 1. The molecule has 0 aromatic heterocycles. The van der Waals surface area contributed by atoms with Crippen molar-refractivity contribution < 1.29 is 9.90 Å². The SMILES string of the molecule is CC(C)CC(Cc1cccc(Cl)c1)NCCC(C)(C)C(=O)O. The Morgan fingerprint density at radius 2 is 2.05 bits per heavy atom. The van der Waals surface area contributed by atoms with E-state index in [0.717, 1.165) is 17.9 Å². The summed E-state index contributed by atoms with van der Waals surface area (Å²) in [6.45, 7) is 8.65. The zero-order chi connectivity index (χ0) is 16.8. The molecule has 0 aliphatic heterocycles. The van der Waals surface area contributed by atoms with Crippen molar-refractivity contribution in [3.63, 3.8) is 0 Å². The van der Waals surface area contributed by atoms with Gasteiger partial charge in [0.25, 0.3) is 0 Å². The summed E-state index contributed by atoms with van der Waals surface area (Å²) < 4.78 is 0. The molecule has 0 bridgehead atoms. The fourth-order valence-corrected chi connectivity index (χ4v) is 2.66. The zero-order valence-electron chi connectivity index (χ0n) is 14.0. The van der Waals surface area contributed by atoms with Crippen molar-refractivity contribution in [3.8, 4) is 0 Å². The van der Waals surface area contributed by atoms with E-state index in [4.69, 9.17) is 11.6 Å². The first kappa shape index (κ1) is 19.0. The molecule has 1 aromatic carbocycles. The lowest BCUT2D eigenvalue weighted by atomic mass is 9.89. The third-order valence-corrected chi connectivity index (χ3v) is 4.12. The molecular formula is C18H28ClNO2. The lowest BCUT2D eigenvalue weighted by Gasteiger charge is -2.24. The Balaban J connectivity index is 2.59. The van der Waals surface area contributed by atoms with Gasteiger partial charge in [-0.3, -0.25) is 4.79 Å². The number of hydrogen-bond acceptors (Lipinski definition) is 2. The molecule has 0 radical (unpaired) electrons. The predicted molar refractivity (Wildman–Crippen MR) is 92.4 cm³/mol. The summed E-state index contributed by atoms with van der Waals surface area (Å²) in [5.41, 5.74) is 0.522. The summed E-state index contributed by atoms with van der Waals surface area (Å²) in [6.07, 6.45) is 2.58. The van der Waals surface area contributed by atoms with Crippen LogP contribution in [-0.4, -0.2) is 23.7 Å². The Labute approximate surface area is 139 Å². The molecule has 1 aromatic rings. The molecule has 1 atom stereocenters. The minimum absolute atomic E-state index is 0.336. The molecule has 0 heterocycles. The molecule has 0 aliphatic carbocycles. The maximum Gasteiger partial charge on any atom is 0.309 e. The molecule has 0 amide bonds. The van der Waals surface area contributed by atoms with Crippen LogP contribution in [-0.2, 0) is 11.2 Å². The van der Waals surface area contributed by atoms with E-state index in [-0.39, 0.29) is 0 Å². The van der Waals surface area contributed by atoms with Crippen LogP contribution in [0, 0.1) is 11.3 Å². The Hall–Kier alpha value is -1.06. The number of aliphatic carboxylic acids is 1. The van der Waals surface area contributed by atoms with Gasteiger partial charge in [0.05, 0.1) is 5.41 Å². The molecule has 3 nitrogen and oxygen atoms in total. The molecule has 1 unspecified atom stereocenters. The van der Waals surface area contributed by atoms with Crippen molar-refractivity contribution >= 4 is 17.6 Å². The molecular weight excluding hydrogens is 298 g/mol. The molecule has 0 aliphatic rings. The van der Waals surface area contributed by atoms with E-state index in [1.807, 2.05) is 18.2 Å². The van der Waals surface area contributed by atoms with Crippen LogP contribution >= 0.6 is 11.6 Å². The Bertz CT molecular complexity index is 486. The highest BCUT2D eigenvalue weighted by molar-refractivity contribution is 6.30. The minimum atomic E-state index is -0.746. The average Bonchev–Trinajstić information content (AvgIpc) is 2.37. The standard InChI is InChI=1S/C18H28ClNO2/c1-13(2)10-16(12-14-6-5-7-15(19)11-14)20-9-8-18(3,4)17(21)22/h5-7,11,13,16,20H,8-10,12H2,1-4H3,(H,21,22). The van der Waals surface area contributed by atoms with E-state index in [1.54, 1.807) is 13.8 Å². The third-order valence-electron chi connectivity index (χ3n) is 3.89. The van der Waals surface area contributed by atoms with E-state index >= 15 is 0 Å². The predicted octanol–water partition coefficient (Wildman–Crippen LogP) is 4.39. The molecule has 0 spiro atoms. The largest absolute Gasteiger partial charge is 0.481 e. The fraction of sp³-hybridized carbons (Fsp3) is 0.611. The molecule has 22 heavy (non-hydrogen) atoms. The summed E-state index contributed by atoms with van der Waals surface area (Å²) in [6, 6.07) is 8.27. The topological polar surface area (TPSA) is 49.3 Å². The van der Waals surface area contributed by atoms with Gasteiger partial charge in [0, 0.05) is 11.1 Å². The van der Waals surface area contributed by atoms with Gasteiger partial charge in [-0.15, -0.1) is 0 Å². The number of hydrogen-bond donors (Lipinski definition) is 2. The van der Waals surface area contributed by atoms with Gasteiger partial charge in [0.15, 0.2) is 0 Å². The lowest BCUT2D eigenvalue weighted by molar-refractivity contribution is -0.147. The first-order valence-electron chi connectivity index (χ1n) is 7.92. The van der Waals surface area contributed by atoms with Crippen molar-refractivity contribution in [1.82, 2.24) is 5.32 Å². The molecule has 1 rings (SSSR count). The van der Waals surface area contributed by atoms with Crippen LogP contribution in [0.5, 0.6) is 0 Å². The molecule has 124 valence electrons. The van der Waals surface area contributed by atoms with Crippen molar-refractivity contribution in [1.29, 1.82) is 0 Å². The summed E-state index contributed by atoms with van der Waals surface area (Å²) >= 11 is 6.05. The summed E-state index contributed by atoms with van der Waals surface area (Å²) in [7, 11) is 0. The quantitative estimate of drug-likeness (QED) is 0.708. The van der Waals surface area contributed by atoms with Crippen LogP contribution in [0.25, 0.3) is 0 Å². The van der Waals surface area contributed by atoms with Gasteiger partial charge >= 0.3 is 5.97 Å². The maximum absolute atomic E-state index is 11.2. The van der Waals surface area contributed by atoms with Gasteiger partial charge in [-0.2, -0.15) is 0 Å². The highest BCUT2D eigenvalue weighted by atomic mass is 35.5. The minimum Gasteiger partial charge on any atom is -0.481 e. The van der Waals surface area contributed by atoms with Gasteiger partial charge in [-0.1, -0.05) is 37.6 Å². The number of nitrogens with one attached hydrogen (secondary N) is 1. The first-order valence-corrected chi connectivity index (χ1v) is 8.29. The number of halogens is 1. The lowest BCUT2D eigenvalue weighted by Crippen LogP contribution is -2.36. The number of carboxylic acids is 1. The van der Waals surface area contributed by atoms with Crippen LogP contribution in [0.15, 0.2) is 24.3 Å². The Morgan fingerprint density at radius 1 is 1.36 bits per heavy atom. The zero-order valence-corrected chi connectivity index (χ0v) is 14.8. The van der Waals surface area contributed by atoms with Gasteiger partial charge < -0.3 is 10.4 Å². The van der Waals surface area contributed by atoms with E-state index in [0.29, 0.717) is 24.9 Å². The van der Waals surface area contributed by atoms with Crippen molar-refractivity contribution in [3.05, 3.63) is 34.9 Å². The molecule has 4 heteroatoms. The Morgan fingerprint density at radius 3 is 2.59 bits per heavy atom. The number of rotatable bonds is 9. The van der Waals surface area contributed by atoms with Gasteiger partial charge in [0.2, 0.25) is 0 Å². The average molecular weight is 326 g/mol. The number of benzene rings is 1. The normalized spacial score (nSPS) is 13.4. The van der Waals surface area contributed by atoms with E-state index < -0.39 is 11.4 Å². The fourth-order valence-electron chi connectivity index (χ4n) is 2.45. The van der Waals surface area contributed by atoms with Crippen molar-refractivity contribution in [2.45, 2.75) is 53.0 Å². The van der Waals surface area contributed by atoms with E-state index in [1.165, 1.54) is 5.56 Å². The molecule has 0 saturated carbocycles. The highest BCUT2D eigenvalue weighted by Gasteiger charge is 2.26. The van der Waals surface area contributed by atoms with Crippen molar-refractivity contribution in [2.75, 3.05) is 6.54 Å². The second-order valence-corrected chi connectivity index (χ2v) is 7.49. The summed E-state index contributed by atoms with van der Waals surface area (Å²) in [4.78, 5) is 11.2. The summed E-state index contributed by atoms with van der Waals surface area (Å²) in [5.74, 6) is -0.159. The van der Waals surface area contributed by atoms with Gasteiger partial charge in [-0.05, 0) is 63.3 Å². The third kappa shape index (κ3) is 6.80. The number of carboxylic acid groups (broad SMARTS) is 1. The van der Waals surface area contributed by atoms with Gasteiger partial charge in [-0.25, -0.2) is 0 Å². The Kier molecular flexibility index (Phi) is 7.37.